The van der Waals surface area contributed by atoms with Gasteiger partial charge in [0.2, 0.25) is 0 Å². The standard InChI is InChI=1S/C17H20BrFN2/c1-11-6-12(2)8-14(7-11)21(3)17(10-20)13-4-5-16(19)15(18)9-13/h4-9,17H,10,20H2,1-3H3. The van der Waals surface area contributed by atoms with Crippen LogP contribution in [-0.2, 0) is 0 Å². The molecule has 4 heteroatoms. The molecular weight excluding hydrogens is 331 g/mol. The molecule has 2 N–H and O–H groups in total. The number of likely N-dealkylation sites (N-methyl/N-ethyl adjacent to an activating group) is 1. The van der Waals surface area contributed by atoms with Gasteiger partial charge in [-0.1, -0.05) is 12.1 Å². The summed E-state index contributed by atoms with van der Waals surface area (Å²) >= 11 is 3.24. The molecule has 0 saturated heterocycles. The predicted octanol–water partition coefficient (Wildman–Crippen LogP) is 4.34. The van der Waals surface area contributed by atoms with Crippen LogP contribution in [0.3, 0.4) is 0 Å². The lowest BCUT2D eigenvalue weighted by Crippen LogP contribution is -2.30. The van der Waals surface area contributed by atoms with Gasteiger partial charge in [-0.05, 0) is 70.7 Å². The van der Waals surface area contributed by atoms with E-state index in [0.717, 1.165) is 11.3 Å². The van der Waals surface area contributed by atoms with E-state index >= 15 is 0 Å². The molecule has 0 aliphatic carbocycles. The monoisotopic (exact) mass is 350 g/mol. The van der Waals surface area contributed by atoms with Crippen LogP contribution in [0.4, 0.5) is 10.1 Å². The Bertz CT molecular complexity index is 622. The number of rotatable bonds is 4. The van der Waals surface area contributed by atoms with Gasteiger partial charge in [-0.2, -0.15) is 0 Å². The number of anilines is 1. The molecule has 2 aromatic carbocycles. The molecule has 2 nitrogen and oxygen atoms in total. The highest BCUT2D eigenvalue weighted by Crippen LogP contribution is 2.29. The molecule has 0 aromatic heterocycles. The maximum Gasteiger partial charge on any atom is 0.137 e. The smallest absolute Gasteiger partial charge is 0.137 e. The fraction of sp³-hybridized carbons (Fsp3) is 0.294. The number of hydrogen-bond acceptors (Lipinski definition) is 2. The van der Waals surface area contributed by atoms with Crippen molar-refractivity contribution in [2.75, 3.05) is 18.5 Å². The highest BCUT2D eigenvalue weighted by molar-refractivity contribution is 9.10. The molecule has 1 unspecified atom stereocenters. The highest BCUT2D eigenvalue weighted by Gasteiger charge is 2.17. The van der Waals surface area contributed by atoms with E-state index in [1.165, 1.54) is 17.2 Å². The van der Waals surface area contributed by atoms with Gasteiger partial charge in [0.05, 0.1) is 10.5 Å². The van der Waals surface area contributed by atoms with Crippen molar-refractivity contribution in [1.29, 1.82) is 0 Å². The van der Waals surface area contributed by atoms with Crippen molar-refractivity contribution in [3.8, 4) is 0 Å². The zero-order chi connectivity index (χ0) is 15.6. The molecule has 0 bridgehead atoms. The fourth-order valence-corrected chi connectivity index (χ4v) is 2.97. The zero-order valence-corrected chi connectivity index (χ0v) is 14.1. The Morgan fingerprint density at radius 1 is 1.14 bits per heavy atom. The van der Waals surface area contributed by atoms with Crippen molar-refractivity contribution in [2.24, 2.45) is 5.73 Å². The lowest BCUT2D eigenvalue weighted by atomic mass is 10.0. The Kier molecular flexibility index (Phi) is 5.01. The number of hydrogen-bond donors (Lipinski definition) is 1. The summed E-state index contributed by atoms with van der Waals surface area (Å²) in [6.07, 6.45) is 0. The van der Waals surface area contributed by atoms with Crippen LogP contribution in [0.2, 0.25) is 0 Å². The maximum absolute atomic E-state index is 13.4. The number of halogens is 2. The molecule has 0 aliphatic heterocycles. The number of aryl methyl sites for hydroxylation is 2. The summed E-state index contributed by atoms with van der Waals surface area (Å²) in [6, 6.07) is 11.5. The fourth-order valence-electron chi connectivity index (χ4n) is 2.57. The van der Waals surface area contributed by atoms with Crippen LogP contribution < -0.4 is 10.6 Å². The molecule has 1 atom stereocenters. The van der Waals surface area contributed by atoms with Crippen molar-refractivity contribution in [3.63, 3.8) is 0 Å². The zero-order valence-electron chi connectivity index (χ0n) is 12.5. The van der Waals surface area contributed by atoms with Crippen molar-refractivity contribution in [2.45, 2.75) is 19.9 Å². The lowest BCUT2D eigenvalue weighted by molar-refractivity contribution is 0.616. The second-order valence-corrected chi connectivity index (χ2v) is 6.24. The van der Waals surface area contributed by atoms with Gasteiger partial charge < -0.3 is 10.6 Å². The average molecular weight is 351 g/mol. The van der Waals surface area contributed by atoms with Gasteiger partial charge in [-0.3, -0.25) is 0 Å². The first-order valence-electron chi connectivity index (χ1n) is 6.88. The van der Waals surface area contributed by atoms with Crippen molar-refractivity contribution in [1.82, 2.24) is 0 Å². The molecule has 2 rings (SSSR count). The molecule has 0 fully saturated rings. The van der Waals surface area contributed by atoms with Crippen LogP contribution >= 0.6 is 15.9 Å². The van der Waals surface area contributed by atoms with Gasteiger partial charge in [0.1, 0.15) is 5.82 Å². The van der Waals surface area contributed by atoms with Gasteiger partial charge in [-0.15, -0.1) is 0 Å². The van der Waals surface area contributed by atoms with Crippen LogP contribution in [0, 0.1) is 19.7 Å². The third kappa shape index (κ3) is 3.63. The SMILES string of the molecule is Cc1cc(C)cc(N(C)C(CN)c2ccc(F)c(Br)c2)c1. The molecule has 0 heterocycles. The quantitative estimate of drug-likeness (QED) is 0.888. The first kappa shape index (κ1) is 16.0. The van der Waals surface area contributed by atoms with Crippen LogP contribution in [-0.4, -0.2) is 13.6 Å². The van der Waals surface area contributed by atoms with E-state index in [1.54, 1.807) is 12.1 Å². The summed E-state index contributed by atoms with van der Waals surface area (Å²) in [5.41, 5.74) is 10.5. The topological polar surface area (TPSA) is 29.3 Å². The molecule has 0 spiro atoms. The maximum atomic E-state index is 13.4. The van der Waals surface area contributed by atoms with Crippen molar-refractivity contribution in [3.05, 3.63) is 63.4 Å². The van der Waals surface area contributed by atoms with Crippen molar-refractivity contribution < 1.29 is 4.39 Å². The molecule has 2 aromatic rings. The van der Waals surface area contributed by atoms with Gasteiger partial charge >= 0.3 is 0 Å². The Balaban J connectivity index is 2.37. The Morgan fingerprint density at radius 3 is 2.29 bits per heavy atom. The van der Waals surface area contributed by atoms with E-state index in [4.69, 9.17) is 5.73 Å². The minimum atomic E-state index is -0.261. The molecule has 0 aliphatic rings. The Morgan fingerprint density at radius 2 is 1.76 bits per heavy atom. The second kappa shape index (κ2) is 6.58. The van der Waals surface area contributed by atoms with Gasteiger partial charge in [-0.25, -0.2) is 4.39 Å². The first-order valence-corrected chi connectivity index (χ1v) is 7.68. The van der Waals surface area contributed by atoms with Gasteiger partial charge in [0, 0.05) is 19.3 Å². The highest BCUT2D eigenvalue weighted by atomic mass is 79.9. The molecule has 0 amide bonds. The normalized spacial score (nSPS) is 12.3. The Labute approximate surface area is 133 Å². The Hall–Kier alpha value is -1.39. The number of nitrogens with two attached hydrogens (primary N) is 1. The third-order valence-electron chi connectivity index (χ3n) is 3.63. The van der Waals surface area contributed by atoms with Crippen molar-refractivity contribution >= 4 is 21.6 Å². The van der Waals surface area contributed by atoms with Crippen LogP contribution in [0.15, 0.2) is 40.9 Å². The summed E-state index contributed by atoms with van der Waals surface area (Å²) in [7, 11) is 2.02. The minimum absolute atomic E-state index is 0.00287. The third-order valence-corrected chi connectivity index (χ3v) is 4.24. The second-order valence-electron chi connectivity index (χ2n) is 5.38. The van der Waals surface area contributed by atoms with E-state index < -0.39 is 0 Å². The van der Waals surface area contributed by atoms with E-state index in [2.05, 4.69) is 52.9 Å². The molecule has 0 radical (unpaired) electrons. The van der Waals surface area contributed by atoms with E-state index in [1.807, 2.05) is 7.05 Å². The average Bonchev–Trinajstić information content (AvgIpc) is 2.42. The summed E-state index contributed by atoms with van der Waals surface area (Å²) < 4.78 is 13.9. The van der Waals surface area contributed by atoms with Crippen LogP contribution in [0.25, 0.3) is 0 Å². The number of benzene rings is 2. The summed E-state index contributed by atoms with van der Waals surface area (Å²) in [5, 5.41) is 0. The van der Waals surface area contributed by atoms with Gasteiger partial charge in [0.15, 0.2) is 0 Å². The lowest BCUT2D eigenvalue weighted by Gasteiger charge is -2.30. The molecular formula is C17H20BrFN2. The predicted molar refractivity (Wildman–Crippen MR) is 90.2 cm³/mol. The summed E-state index contributed by atoms with van der Waals surface area (Å²) in [4.78, 5) is 2.14. The summed E-state index contributed by atoms with van der Waals surface area (Å²) in [5.74, 6) is -0.261. The van der Waals surface area contributed by atoms with E-state index in [-0.39, 0.29) is 11.9 Å². The minimum Gasteiger partial charge on any atom is -0.366 e. The molecule has 21 heavy (non-hydrogen) atoms. The number of nitrogens with zero attached hydrogens (tertiary/aromatic N) is 1. The van der Waals surface area contributed by atoms with Crippen LogP contribution in [0.1, 0.15) is 22.7 Å². The first-order chi connectivity index (χ1) is 9.92. The largest absolute Gasteiger partial charge is 0.366 e. The molecule has 112 valence electrons. The van der Waals surface area contributed by atoms with E-state index in [0.29, 0.717) is 11.0 Å². The molecule has 0 saturated carbocycles. The summed E-state index contributed by atoms with van der Waals surface area (Å²) in [6.45, 7) is 4.62. The van der Waals surface area contributed by atoms with E-state index in [9.17, 15) is 4.39 Å². The van der Waals surface area contributed by atoms with Gasteiger partial charge in [0.25, 0.3) is 0 Å². The van der Waals surface area contributed by atoms with Crippen LogP contribution in [0.5, 0.6) is 0 Å².